The standard InChI is InChI=1S/C14H25NO4/c1-3-18-13(16)10-12(14(17)19-4-2)15-11-8-6-5-7-9-11/h11-12,15H,3-10H2,1-2H3/t12-/m0/s1. The molecule has 0 aromatic rings. The molecule has 0 unspecified atom stereocenters. The molecule has 5 nitrogen and oxygen atoms in total. The van der Waals surface area contributed by atoms with Crippen LogP contribution in [0.2, 0.25) is 0 Å². The molecule has 1 aliphatic rings. The summed E-state index contributed by atoms with van der Waals surface area (Å²) in [7, 11) is 0. The van der Waals surface area contributed by atoms with Crippen LogP contribution in [-0.4, -0.2) is 37.2 Å². The second kappa shape index (κ2) is 8.91. The number of rotatable bonds is 7. The smallest absolute Gasteiger partial charge is 0.323 e. The van der Waals surface area contributed by atoms with E-state index in [1.54, 1.807) is 13.8 Å². The molecule has 1 N–H and O–H groups in total. The Morgan fingerprint density at radius 1 is 1.11 bits per heavy atom. The molecule has 0 radical (unpaired) electrons. The Labute approximate surface area is 115 Å². The molecular formula is C14H25NO4. The summed E-state index contributed by atoms with van der Waals surface area (Å²) < 4.78 is 9.92. The van der Waals surface area contributed by atoms with Gasteiger partial charge in [0, 0.05) is 6.04 Å². The zero-order chi connectivity index (χ0) is 14.1. The van der Waals surface area contributed by atoms with Gasteiger partial charge in [0.1, 0.15) is 6.04 Å². The van der Waals surface area contributed by atoms with E-state index in [1.807, 2.05) is 0 Å². The normalized spacial score (nSPS) is 17.8. The summed E-state index contributed by atoms with van der Waals surface area (Å²) in [6.45, 7) is 4.17. The topological polar surface area (TPSA) is 64.6 Å². The number of esters is 2. The van der Waals surface area contributed by atoms with Gasteiger partial charge in [-0.2, -0.15) is 0 Å². The first-order valence-corrected chi connectivity index (χ1v) is 7.25. The lowest BCUT2D eigenvalue weighted by Crippen LogP contribution is -2.46. The number of ether oxygens (including phenoxy) is 2. The molecule has 5 heteroatoms. The van der Waals surface area contributed by atoms with Crippen LogP contribution < -0.4 is 5.32 Å². The second-order valence-corrected chi connectivity index (χ2v) is 4.82. The maximum atomic E-state index is 11.9. The van der Waals surface area contributed by atoms with Crippen LogP contribution >= 0.6 is 0 Å². The summed E-state index contributed by atoms with van der Waals surface area (Å²) >= 11 is 0. The Bertz CT molecular complexity index is 287. The molecule has 0 aromatic heterocycles. The van der Waals surface area contributed by atoms with E-state index in [0.717, 1.165) is 12.8 Å². The average Bonchev–Trinajstić information content (AvgIpc) is 2.40. The fraction of sp³-hybridized carbons (Fsp3) is 0.857. The van der Waals surface area contributed by atoms with E-state index in [0.29, 0.717) is 19.3 Å². The first-order chi connectivity index (χ1) is 9.17. The van der Waals surface area contributed by atoms with Crippen LogP contribution in [0.25, 0.3) is 0 Å². The van der Waals surface area contributed by atoms with Crippen molar-refractivity contribution in [3.8, 4) is 0 Å². The molecule has 1 saturated carbocycles. The average molecular weight is 271 g/mol. The molecule has 0 aromatic carbocycles. The molecule has 0 spiro atoms. The summed E-state index contributed by atoms with van der Waals surface area (Å²) in [5.41, 5.74) is 0. The molecule has 1 rings (SSSR count). The molecule has 1 fully saturated rings. The van der Waals surface area contributed by atoms with Crippen molar-refractivity contribution >= 4 is 11.9 Å². The number of carbonyl (C=O) groups excluding carboxylic acids is 2. The number of nitrogens with one attached hydrogen (secondary N) is 1. The zero-order valence-corrected chi connectivity index (χ0v) is 11.9. The first kappa shape index (κ1) is 16.0. The third-order valence-electron chi connectivity index (χ3n) is 3.29. The minimum absolute atomic E-state index is 0.0448. The molecular weight excluding hydrogens is 246 g/mol. The van der Waals surface area contributed by atoms with Crippen LogP contribution in [0.3, 0.4) is 0 Å². The Morgan fingerprint density at radius 3 is 2.32 bits per heavy atom. The molecule has 0 bridgehead atoms. The van der Waals surface area contributed by atoms with E-state index in [1.165, 1.54) is 19.3 Å². The van der Waals surface area contributed by atoms with E-state index >= 15 is 0 Å². The second-order valence-electron chi connectivity index (χ2n) is 4.82. The third kappa shape index (κ3) is 6.05. The van der Waals surface area contributed by atoms with Crippen molar-refractivity contribution < 1.29 is 19.1 Å². The van der Waals surface area contributed by atoms with Crippen LogP contribution in [0.4, 0.5) is 0 Å². The number of hydrogen-bond donors (Lipinski definition) is 1. The fourth-order valence-corrected chi connectivity index (χ4v) is 2.39. The van der Waals surface area contributed by atoms with Crippen LogP contribution in [0, 0.1) is 0 Å². The number of carbonyl (C=O) groups is 2. The maximum Gasteiger partial charge on any atom is 0.323 e. The fourth-order valence-electron chi connectivity index (χ4n) is 2.39. The highest BCUT2D eigenvalue weighted by Crippen LogP contribution is 2.18. The highest BCUT2D eigenvalue weighted by Gasteiger charge is 2.27. The van der Waals surface area contributed by atoms with Gasteiger partial charge < -0.3 is 14.8 Å². The van der Waals surface area contributed by atoms with Gasteiger partial charge >= 0.3 is 11.9 Å². The Morgan fingerprint density at radius 2 is 1.74 bits per heavy atom. The van der Waals surface area contributed by atoms with Gasteiger partial charge in [-0.3, -0.25) is 9.59 Å². The van der Waals surface area contributed by atoms with Gasteiger partial charge in [-0.05, 0) is 26.7 Å². The lowest BCUT2D eigenvalue weighted by molar-refractivity contribution is -0.152. The van der Waals surface area contributed by atoms with E-state index in [9.17, 15) is 9.59 Å². The lowest BCUT2D eigenvalue weighted by atomic mass is 9.94. The molecule has 19 heavy (non-hydrogen) atoms. The highest BCUT2D eigenvalue weighted by atomic mass is 16.5. The third-order valence-corrected chi connectivity index (χ3v) is 3.29. The Hall–Kier alpha value is -1.10. The van der Waals surface area contributed by atoms with Crippen molar-refractivity contribution in [3.05, 3.63) is 0 Å². The molecule has 1 aliphatic carbocycles. The van der Waals surface area contributed by atoms with E-state index in [2.05, 4.69) is 5.32 Å². The maximum absolute atomic E-state index is 11.9. The predicted octanol–water partition coefficient (Wildman–Crippen LogP) is 1.79. The predicted molar refractivity (Wildman–Crippen MR) is 71.7 cm³/mol. The summed E-state index contributed by atoms with van der Waals surface area (Å²) in [4.78, 5) is 23.4. The monoisotopic (exact) mass is 271 g/mol. The van der Waals surface area contributed by atoms with Crippen molar-refractivity contribution in [2.24, 2.45) is 0 Å². The number of hydrogen-bond acceptors (Lipinski definition) is 5. The van der Waals surface area contributed by atoms with E-state index in [4.69, 9.17) is 9.47 Å². The molecule has 110 valence electrons. The van der Waals surface area contributed by atoms with Gasteiger partial charge in [0.15, 0.2) is 0 Å². The van der Waals surface area contributed by atoms with Crippen molar-refractivity contribution in [1.82, 2.24) is 5.32 Å². The SMILES string of the molecule is CCOC(=O)C[C@H](NC1CCCCC1)C(=O)OCC. The molecule has 1 atom stereocenters. The molecule has 0 heterocycles. The summed E-state index contributed by atoms with van der Waals surface area (Å²) in [5.74, 6) is -0.718. The summed E-state index contributed by atoms with van der Waals surface area (Å²) in [6.07, 6.45) is 5.75. The van der Waals surface area contributed by atoms with Crippen LogP contribution in [0.1, 0.15) is 52.4 Å². The van der Waals surface area contributed by atoms with Gasteiger partial charge in [0.25, 0.3) is 0 Å². The summed E-state index contributed by atoms with van der Waals surface area (Å²) in [6, 6.07) is -0.278. The van der Waals surface area contributed by atoms with E-state index < -0.39 is 6.04 Å². The van der Waals surface area contributed by atoms with Crippen LogP contribution in [0.5, 0.6) is 0 Å². The van der Waals surface area contributed by atoms with Crippen molar-refractivity contribution in [3.63, 3.8) is 0 Å². The van der Waals surface area contributed by atoms with Gasteiger partial charge in [-0.15, -0.1) is 0 Å². The highest BCUT2D eigenvalue weighted by molar-refractivity contribution is 5.82. The lowest BCUT2D eigenvalue weighted by Gasteiger charge is -2.27. The van der Waals surface area contributed by atoms with Gasteiger partial charge in [-0.1, -0.05) is 19.3 Å². The Kier molecular flexibility index (Phi) is 7.48. The summed E-state index contributed by atoms with van der Waals surface area (Å²) in [5, 5.41) is 3.25. The first-order valence-electron chi connectivity index (χ1n) is 7.25. The quantitative estimate of drug-likeness (QED) is 0.715. The van der Waals surface area contributed by atoms with Gasteiger partial charge in [-0.25, -0.2) is 0 Å². The van der Waals surface area contributed by atoms with Crippen molar-refractivity contribution in [2.75, 3.05) is 13.2 Å². The molecule has 0 aliphatic heterocycles. The van der Waals surface area contributed by atoms with Crippen molar-refractivity contribution in [1.29, 1.82) is 0 Å². The van der Waals surface area contributed by atoms with Crippen LogP contribution in [0.15, 0.2) is 0 Å². The largest absolute Gasteiger partial charge is 0.466 e. The van der Waals surface area contributed by atoms with Gasteiger partial charge in [0.05, 0.1) is 19.6 Å². The Balaban J connectivity index is 2.52. The van der Waals surface area contributed by atoms with Crippen molar-refractivity contribution in [2.45, 2.75) is 64.5 Å². The van der Waals surface area contributed by atoms with E-state index in [-0.39, 0.29) is 18.4 Å². The molecule has 0 saturated heterocycles. The molecule has 0 amide bonds. The zero-order valence-electron chi connectivity index (χ0n) is 11.9. The minimum atomic E-state index is -0.581. The minimum Gasteiger partial charge on any atom is -0.466 e. The van der Waals surface area contributed by atoms with Gasteiger partial charge in [0.2, 0.25) is 0 Å². The van der Waals surface area contributed by atoms with Crippen LogP contribution in [-0.2, 0) is 19.1 Å².